The van der Waals surface area contributed by atoms with Crippen molar-refractivity contribution in [2.75, 3.05) is 24.3 Å². The number of carboxylic acids is 1. The first-order valence-corrected chi connectivity index (χ1v) is 14.8. The van der Waals surface area contributed by atoms with Crippen LogP contribution in [0.3, 0.4) is 0 Å². The van der Waals surface area contributed by atoms with E-state index in [1.54, 1.807) is 21.0 Å². The molecule has 192 valence electrons. The van der Waals surface area contributed by atoms with Crippen LogP contribution in [0.4, 0.5) is 11.4 Å². The number of hydrogen-bond donors (Lipinski definition) is 1. The van der Waals surface area contributed by atoms with Crippen LogP contribution in [0.25, 0.3) is 0 Å². The lowest BCUT2D eigenvalue weighted by Crippen LogP contribution is -2.36. The SMILES string of the molecule is CCCCC1(CCCC)CSc2cc(CSC(C)(C)C(=O)O)c(OC)cc2N(c2ccccc2)C1. The van der Waals surface area contributed by atoms with Gasteiger partial charge in [-0.2, -0.15) is 0 Å². The number of aliphatic carboxylic acids is 1. The van der Waals surface area contributed by atoms with Crippen molar-refractivity contribution in [2.45, 2.75) is 81.6 Å². The van der Waals surface area contributed by atoms with Gasteiger partial charge >= 0.3 is 5.97 Å². The average Bonchev–Trinajstić information content (AvgIpc) is 3.02. The van der Waals surface area contributed by atoms with Gasteiger partial charge in [0.25, 0.3) is 0 Å². The van der Waals surface area contributed by atoms with Crippen molar-refractivity contribution in [2.24, 2.45) is 5.41 Å². The number of carbonyl (C=O) groups is 1. The molecule has 2 aromatic rings. The first-order chi connectivity index (χ1) is 16.7. The molecule has 0 atom stereocenters. The van der Waals surface area contributed by atoms with E-state index in [0.717, 1.165) is 23.6 Å². The first-order valence-electron chi connectivity index (χ1n) is 12.8. The van der Waals surface area contributed by atoms with Gasteiger partial charge in [0.15, 0.2) is 0 Å². The Hall–Kier alpha value is -1.79. The summed E-state index contributed by atoms with van der Waals surface area (Å²) in [5.74, 6) is 1.73. The third-order valence-corrected chi connectivity index (χ3v) is 9.72. The quantitative estimate of drug-likeness (QED) is 0.306. The highest BCUT2D eigenvalue weighted by Crippen LogP contribution is 2.49. The minimum absolute atomic E-state index is 0.249. The minimum atomic E-state index is -0.851. The molecule has 6 heteroatoms. The number of anilines is 2. The molecule has 0 aliphatic carbocycles. The van der Waals surface area contributed by atoms with Gasteiger partial charge in [0.2, 0.25) is 0 Å². The highest BCUT2D eigenvalue weighted by molar-refractivity contribution is 8.00. The van der Waals surface area contributed by atoms with E-state index in [4.69, 9.17) is 4.74 Å². The number of hydrogen-bond acceptors (Lipinski definition) is 5. The Kier molecular flexibility index (Phi) is 9.88. The number of unbranched alkanes of at least 4 members (excludes halogenated alkanes) is 2. The third kappa shape index (κ3) is 6.91. The van der Waals surface area contributed by atoms with Gasteiger partial charge in [-0.25, -0.2) is 0 Å². The molecule has 3 rings (SSSR count). The second-order valence-electron chi connectivity index (χ2n) is 10.2. The van der Waals surface area contributed by atoms with E-state index in [0.29, 0.717) is 5.75 Å². The van der Waals surface area contributed by atoms with Crippen molar-refractivity contribution < 1.29 is 14.6 Å². The number of ether oxygens (including phenoxy) is 1. The number of nitrogens with zero attached hydrogens (tertiary/aromatic N) is 1. The lowest BCUT2D eigenvalue weighted by molar-refractivity contribution is -0.138. The van der Waals surface area contributed by atoms with Gasteiger partial charge in [-0.15, -0.1) is 23.5 Å². The zero-order valence-electron chi connectivity index (χ0n) is 21.9. The number of methoxy groups -OCH3 is 1. The van der Waals surface area contributed by atoms with Gasteiger partial charge in [0, 0.05) is 40.3 Å². The Bertz CT molecular complexity index is 969. The Morgan fingerprint density at radius 1 is 1.14 bits per heavy atom. The van der Waals surface area contributed by atoms with E-state index in [1.807, 2.05) is 11.8 Å². The number of carboxylic acid groups (broad SMARTS) is 1. The smallest absolute Gasteiger partial charge is 0.319 e. The maximum atomic E-state index is 11.7. The molecule has 0 spiro atoms. The van der Waals surface area contributed by atoms with Gasteiger partial charge in [0.1, 0.15) is 10.5 Å². The van der Waals surface area contributed by atoms with Crippen molar-refractivity contribution in [1.82, 2.24) is 0 Å². The molecule has 35 heavy (non-hydrogen) atoms. The molecule has 0 amide bonds. The van der Waals surface area contributed by atoms with Crippen LogP contribution >= 0.6 is 23.5 Å². The van der Waals surface area contributed by atoms with Crippen molar-refractivity contribution in [1.29, 1.82) is 0 Å². The summed E-state index contributed by atoms with van der Waals surface area (Å²) < 4.78 is 5.00. The molecule has 0 unspecified atom stereocenters. The summed E-state index contributed by atoms with van der Waals surface area (Å²) in [6.45, 7) is 9.10. The molecule has 0 fully saturated rings. The van der Waals surface area contributed by atoms with E-state index in [1.165, 1.54) is 66.6 Å². The van der Waals surface area contributed by atoms with Crippen LogP contribution in [0.15, 0.2) is 47.4 Å². The normalized spacial score (nSPS) is 15.4. The fourth-order valence-corrected chi connectivity index (χ4v) is 6.86. The molecule has 0 saturated carbocycles. The summed E-state index contributed by atoms with van der Waals surface area (Å²) in [4.78, 5) is 15.4. The standard InChI is InChI=1S/C29H41NO3S2/c1-6-8-15-29(16-9-7-2)20-30(23-13-11-10-12-14-23)24-18-25(33-5)22(17-26(24)34-21-29)19-35-28(3,4)27(31)32/h10-14,17-18H,6-9,15-16,19-21H2,1-5H3,(H,31,32). The molecule has 0 bridgehead atoms. The summed E-state index contributed by atoms with van der Waals surface area (Å²) in [5.41, 5.74) is 3.71. The summed E-state index contributed by atoms with van der Waals surface area (Å²) in [6, 6.07) is 15.1. The van der Waals surface area contributed by atoms with Crippen molar-refractivity contribution in [3.8, 4) is 5.75 Å². The predicted molar refractivity (Wildman–Crippen MR) is 152 cm³/mol. The Labute approximate surface area is 220 Å². The molecule has 1 heterocycles. The van der Waals surface area contributed by atoms with E-state index in [9.17, 15) is 9.90 Å². The average molecular weight is 516 g/mol. The highest BCUT2D eigenvalue weighted by Gasteiger charge is 2.36. The fraction of sp³-hybridized carbons (Fsp3) is 0.552. The second kappa shape index (κ2) is 12.4. The monoisotopic (exact) mass is 515 g/mol. The molecule has 1 N–H and O–H groups in total. The van der Waals surface area contributed by atoms with Gasteiger partial charge < -0.3 is 14.7 Å². The Balaban J connectivity index is 2.05. The molecular weight excluding hydrogens is 474 g/mol. The molecule has 1 aliphatic heterocycles. The Morgan fingerprint density at radius 2 is 1.80 bits per heavy atom. The largest absolute Gasteiger partial charge is 0.496 e. The highest BCUT2D eigenvalue weighted by atomic mass is 32.2. The zero-order valence-corrected chi connectivity index (χ0v) is 23.6. The lowest BCUT2D eigenvalue weighted by atomic mass is 9.79. The predicted octanol–water partition coefficient (Wildman–Crippen LogP) is 8.40. The summed E-state index contributed by atoms with van der Waals surface area (Å²) >= 11 is 3.41. The van der Waals surface area contributed by atoms with Crippen LogP contribution in [0.1, 0.15) is 71.8 Å². The van der Waals surface area contributed by atoms with Crippen LogP contribution < -0.4 is 9.64 Å². The zero-order chi connectivity index (χ0) is 25.5. The maximum Gasteiger partial charge on any atom is 0.319 e. The Morgan fingerprint density at radius 3 is 2.37 bits per heavy atom. The molecule has 1 aliphatic rings. The van der Waals surface area contributed by atoms with E-state index in [-0.39, 0.29) is 5.41 Å². The number of benzene rings is 2. The van der Waals surface area contributed by atoms with Crippen LogP contribution in [0.5, 0.6) is 5.75 Å². The summed E-state index contributed by atoms with van der Waals surface area (Å²) in [6.07, 6.45) is 7.40. The second-order valence-corrected chi connectivity index (χ2v) is 12.8. The molecule has 0 radical (unpaired) electrons. The third-order valence-electron chi connectivity index (χ3n) is 6.97. The number of fused-ring (bicyclic) bond motifs is 1. The fourth-order valence-electron chi connectivity index (χ4n) is 4.61. The van der Waals surface area contributed by atoms with E-state index in [2.05, 4.69) is 61.2 Å². The van der Waals surface area contributed by atoms with Crippen LogP contribution in [-0.2, 0) is 10.5 Å². The maximum absolute atomic E-state index is 11.7. The lowest BCUT2D eigenvalue weighted by Gasteiger charge is -2.37. The van der Waals surface area contributed by atoms with Gasteiger partial charge in [-0.1, -0.05) is 57.7 Å². The molecular formula is C29H41NO3S2. The molecule has 0 saturated heterocycles. The molecule has 4 nitrogen and oxygen atoms in total. The van der Waals surface area contributed by atoms with Crippen LogP contribution in [0, 0.1) is 5.41 Å². The van der Waals surface area contributed by atoms with Crippen molar-refractivity contribution >= 4 is 40.9 Å². The minimum Gasteiger partial charge on any atom is -0.496 e. The first kappa shape index (κ1) is 27.8. The summed E-state index contributed by atoms with van der Waals surface area (Å²) in [5, 5.41) is 9.57. The number of thioether (sulfide) groups is 2. The molecule has 2 aromatic carbocycles. The van der Waals surface area contributed by atoms with Crippen LogP contribution in [-0.4, -0.2) is 35.2 Å². The number of para-hydroxylation sites is 1. The van der Waals surface area contributed by atoms with Gasteiger partial charge in [0.05, 0.1) is 12.8 Å². The van der Waals surface area contributed by atoms with E-state index >= 15 is 0 Å². The summed E-state index contributed by atoms with van der Waals surface area (Å²) in [7, 11) is 1.71. The van der Waals surface area contributed by atoms with Gasteiger partial charge in [-0.3, -0.25) is 4.79 Å². The van der Waals surface area contributed by atoms with Gasteiger partial charge in [-0.05, 0) is 50.3 Å². The van der Waals surface area contributed by atoms with Crippen molar-refractivity contribution in [3.63, 3.8) is 0 Å². The van der Waals surface area contributed by atoms with E-state index < -0.39 is 10.7 Å². The number of rotatable bonds is 12. The van der Waals surface area contributed by atoms with Crippen molar-refractivity contribution in [3.05, 3.63) is 48.0 Å². The topological polar surface area (TPSA) is 49.8 Å². The van der Waals surface area contributed by atoms with Crippen LogP contribution in [0.2, 0.25) is 0 Å². The molecule has 0 aromatic heterocycles.